The van der Waals surface area contributed by atoms with Crippen molar-refractivity contribution in [1.82, 2.24) is 4.90 Å². The van der Waals surface area contributed by atoms with E-state index in [1.807, 2.05) is 0 Å². The van der Waals surface area contributed by atoms with Crippen LogP contribution >= 0.6 is 0 Å². The van der Waals surface area contributed by atoms with E-state index in [-0.39, 0.29) is 0 Å². The van der Waals surface area contributed by atoms with Gasteiger partial charge in [-0.15, -0.1) is 0 Å². The van der Waals surface area contributed by atoms with Gasteiger partial charge in [0.1, 0.15) is 0 Å². The van der Waals surface area contributed by atoms with Gasteiger partial charge in [0.15, 0.2) is 0 Å². The molecule has 1 nitrogen and oxygen atoms in total. The van der Waals surface area contributed by atoms with E-state index >= 15 is 0 Å². The predicted molar refractivity (Wildman–Crippen MR) is 52.2 cm³/mol. The van der Waals surface area contributed by atoms with Crippen LogP contribution in [0, 0.1) is 5.92 Å². The maximum Gasteiger partial charge on any atom is 0.0124 e. The van der Waals surface area contributed by atoms with Gasteiger partial charge < -0.3 is 4.90 Å². The molecule has 2 unspecified atom stereocenters. The van der Waals surface area contributed by atoms with Gasteiger partial charge in [-0.05, 0) is 38.8 Å². The van der Waals surface area contributed by atoms with Crippen LogP contribution in [0.4, 0.5) is 0 Å². The summed E-state index contributed by atoms with van der Waals surface area (Å²) in [5, 5.41) is 0. The van der Waals surface area contributed by atoms with E-state index in [0.717, 1.165) is 12.0 Å². The largest absolute Gasteiger partial charge is 0.303 e. The van der Waals surface area contributed by atoms with E-state index in [4.69, 9.17) is 0 Å². The molecule has 2 rings (SSSR count). The molecular formula is C11H21N. The average Bonchev–Trinajstić information content (AvgIpc) is 2.82. The van der Waals surface area contributed by atoms with Gasteiger partial charge in [-0.25, -0.2) is 0 Å². The number of fused-ring (bicyclic) bond motifs is 1. The second kappa shape index (κ2) is 3.78. The minimum absolute atomic E-state index is 0.975. The molecule has 2 atom stereocenters. The van der Waals surface area contributed by atoms with Gasteiger partial charge in [0.2, 0.25) is 0 Å². The van der Waals surface area contributed by atoms with Gasteiger partial charge in [0.25, 0.3) is 0 Å². The van der Waals surface area contributed by atoms with Gasteiger partial charge in [0.05, 0.1) is 0 Å². The van der Waals surface area contributed by atoms with Gasteiger partial charge in [-0.2, -0.15) is 0 Å². The Bertz CT molecular complexity index is 144. The molecule has 1 saturated heterocycles. The van der Waals surface area contributed by atoms with Gasteiger partial charge >= 0.3 is 0 Å². The molecule has 70 valence electrons. The normalized spacial score (nSPS) is 38.8. The Morgan fingerprint density at radius 2 is 1.75 bits per heavy atom. The Kier molecular flexibility index (Phi) is 2.69. The summed E-state index contributed by atoms with van der Waals surface area (Å²) in [6.45, 7) is 1.35. The Labute approximate surface area is 76.1 Å². The Morgan fingerprint density at radius 3 is 2.67 bits per heavy atom. The summed E-state index contributed by atoms with van der Waals surface area (Å²) in [5.74, 6) is 1.08. The highest BCUT2D eigenvalue weighted by Crippen LogP contribution is 2.39. The van der Waals surface area contributed by atoms with E-state index in [2.05, 4.69) is 11.9 Å². The molecular weight excluding hydrogens is 146 g/mol. The first-order valence-electron chi connectivity index (χ1n) is 5.58. The Balaban J connectivity index is 1.80. The quantitative estimate of drug-likeness (QED) is 0.536. The Hall–Kier alpha value is -0.0400. The van der Waals surface area contributed by atoms with Crippen molar-refractivity contribution in [3.05, 3.63) is 0 Å². The van der Waals surface area contributed by atoms with Crippen molar-refractivity contribution in [2.75, 3.05) is 13.6 Å². The fraction of sp³-hybridized carbons (Fsp3) is 1.00. The van der Waals surface area contributed by atoms with Gasteiger partial charge in [-0.3, -0.25) is 0 Å². The first-order chi connectivity index (χ1) is 5.88. The van der Waals surface area contributed by atoms with Crippen LogP contribution in [0.3, 0.4) is 0 Å². The molecule has 0 radical (unpaired) electrons. The molecule has 1 aliphatic carbocycles. The van der Waals surface area contributed by atoms with Crippen molar-refractivity contribution >= 4 is 0 Å². The first kappa shape index (κ1) is 8.55. The van der Waals surface area contributed by atoms with E-state index in [1.165, 1.54) is 51.5 Å². The lowest BCUT2D eigenvalue weighted by molar-refractivity contribution is 0.290. The summed E-state index contributed by atoms with van der Waals surface area (Å²) in [6.07, 6.45) is 10.4. The number of rotatable bonds is 0. The van der Waals surface area contributed by atoms with Crippen molar-refractivity contribution in [2.45, 2.75) is 51.0 Å². The van der Waals surface area contributed by atoms with E-state index in [0.29, 0.717) is 0 Å². The highest BCUT2D eigenvalue weighted by atomic mass is 15.2. The summed E-state index contributed by atoms with van der Waals surface area (Å²) in [6, 6.07) is 0.975. The topological polar surface area (TPSA) is 3.24 Å². The minimum Gasteiger partial charge on any atom is -0.303 e. The predicted octanol–water partition coefficient (Wildman–Crippen LogP) is 2.66. The molecule has 2 fully saturated rings. The molecule has 0 N–H and O–H groups in total. The molecule has 0 bridgehead atoms. The van der Waals surface area contributed by atoms with Crippen molar-refractivity contribution in [1.29, 1.82) is 0 Å². The zero-order valence-electron chi connectivity index (χ0n) is 8.26. The van der Waals surface area contributed by atoms with E-state index in [1.54, 1.807) is 0 Å². The average molecular weight is 167 g/mol. The first-order valence-corrected chi connectivity index (χ1v) is 5.58. The van der Waals surface area contributed by atoms with Crippen LogP contribution < -0.4 is 0 Å². The van der Waals surface area contributed by atoms with Crippen LogP contribution in [0.2, 0.25) is 0 Å². The van der Waals surface area contributed by atoms with Crippen LogP contribution in [-0.2, 0) is 0 Å². The van der Waals surface area contributed by atoms with Crippen molar-refractivity contribution in [3.63, 3.8) is 0 Å². The summed E-state index contributed by atoms with van der Waals surface area (Å²) in [7, 11) is 2.31. The van der Waals surface area contributed by atoms with Gasteiger partial charge in [-0.1, -0.05) is 25.7 Å². The second-order valence-corrected chi connectivity index (χ2v) is 4.60. The molecule has 1 heterocycles. The summed E-state index contributed by atoms with van der Waals surface area (Å²) >= 11 is 0. The molecule has 0 aromatic heterocycles. The van der Waals surface area contributed by atoms with E-state index < -0.39 is 0 Å². The molecule has 1 aliphatic heterocycles. The molecule has 0 amide bonds. The fourth-order valence-electron chi connectivity index (χ4n) is 2.55. The van der Waals surface area contributed by atoms with Crippen LogP contribution in [0.1, 0.15) is 44.9 Å². The lowest BCUT2D eigenvalue weighted by Gasteiger charge is -2.17. The highest BCUT2D eigenvalue weighted by Gasteiger charge is 2.38. The number of hydrogen-bond acceptors (Lipinski definition) is 1. The molecule has 0 spiro atoms. The zero-order chi connectivity index (χ0) is 8.39. The van der Waals surface area contributed by atoms with Crippen LogP contribution in [0.15, 0.2) is 0 Å². The third-order valence-corrected chi connectivity index (χ3v) is 3.54. The lowest BCUT2D eigenvalue weighted by Crippen LogP contribution is -2.23. The third-order valence-electron chi connectivity index (χ3n) is 3.54. The summed E-state index contributed by atoms with van der Waals surface area (Å²) in [5.41, 5.74) is 0. The monoisotopic (exact) mass is 167 g/mol. The molecule has 12 heavy (non-hydrogen) atoms. The smallest absolute Gasteiger partial charge is 0.0124 e. The number of hydrogen-bond donors (Lipinski definition) is 0. The maximum atomic E-state index is 2.59. The van der Waals surface area contributed by atoms with Crippen molar-refractivity contribution in [3.8, 4) is 0 Å². The maximum absolute atomic E-state index is 2.59. The van der Waals surface area contributed by atoms with E-state index in [9.17, 15) is 0 Å². The molecule has 0 aromatic rings. The van der Waals surface area contributed by atoms with Crippen LogP contribution in [0.5, 0.6) is 0 Å². The molecule has 0 aromatic carbocycles. The molecule has 1 heteroatoms. The molecule has 2 aliphatic rings. The fourth-order valence-corrected chi connectivity index (χ4v) is 2.55. The third kappa shape index (κ3) is 2.01. The van der Waals surface area contributed by atoms with Crippen LogP contribution in [-0.4, -0.2) is 24.5 Å². The standard InChI is InChI=1S/C11H21N/c1-12-8-6-4-2-3-5-7-10-9-11(10)12/h10-11H,2-9H2,1H3. The summed E-state index contributed by atoms with van der Waals surface area (Å²) in [4.78, 5) is 2.59. The SMILES string of the molecule is CN1CCCCCCCC2CC21. The minimum atomic E-state index is 0.975. The summed E-state index contributed by atoms with van der Waals surface area (Å²) < 4.78 is 0. The van der Waals surface area contributed by atoms with Gasteiger partial charge in [0, 0.05) is 6.04 Å². The highest BCUT2D eigenvalue weighted by molar-refractivity contribution is 4.93. The van der Waals surface area contributed by atoms with Crippen molar-refractivity contribution in [2.24, 2.45) is 5.92 Å². The second-order valence-electron chi connectivity index (χ2n) is 4.60. The molecule has 1 saturated carbocycles. The number of nitrogens with zero attached hydrogens (tertiary/aromatic N) is 1. The zero-order valence-corrected chi connectivity index (χ0v) is 8.26. The van der Waals surface area contributed by atoms with Crippen LogP contribution in [0.25, 0.3) is 0 Å². The Morgan fingerprint density at radius 1 is 1.00 bits per heavy atom. The lowest BCUT2D eigenvalue weighted by atomic mass is 10.1. The van der Waals surface area contributed by atoms with Crippen molar-refractivity contribution < 1.29 is 0 Å².